The van der Waals surface area contributed by atoms with Gasteiger partial charge in [0.05, 0.1) is 24.0 Å². The van der Waals surface area contributed by atoms with Crippen molar-refractivity contribution in [3.63, 3.8) is 0 Å². The van der Waals surface area contributed by atoms with Crippen LogP contribution >= 0.6 is 11.9 Å². The van der Waals surface area contributed by atoms with Crippen LogP contribution in [0.5, 0.6) is 0 Å². The molecule has 0 unspecified atom stereocenters. The van der Waals surface area contributed by atoms with E-state index in [0.29, 0.717) is 6.07 Å². The molecule has 1 rings (SSSR count). The van der Waals surface area contributed by atoms with Crippen LogP contribution in [0, 0.1) is 5.82 Å². The zero-order valence-electron chi connectivity index (χ0n) is 6.74. The van der Waals surface area contributed by atoms with Gasteiger partial charge in [0, 0.05) is 0 Å². The Morgan fingerprint density at radius 1 is 1.29 bits per heavy atom. The summed E-state index contributed by atoms with van der Waals surface area (Å²) in [6.07, 6.45) is -4.70. The third-order valence-electron chi connectivity index (χ3n) is 1.56. The van der Waals surface area contributed by atoms with Crippen molar-refractivity contribution in [3.05, 3.63) is 35.1 Å². The molecule has 0 aliphatic carbocycles. The minimum Gasteiger partial charge on any atom is -0.274 e. The third-order valence-corrected chi connectivity index (χ3v) is 1.67. The molecule has 0 saturated carbocycles. The zero-order chi connectivity index (χ0) is 10.8. The highest BCUT2D eigenvalue weighted by molar-refractivity contribution is 6.07. The van der Waals surface area contributed by atoms with Crippen molar-refractivity contribution in [3.8, 4) is 0 Å². The van der Waals surface area contributed by atoms with E-state index in [-0.39, 0.29) is 12.2 Å². The molecule has 6 heteroatoms. The van der Waals surface area contributed by atoms with Gasteiger partial charge in [-0.2, -0.15) is 13.2 Å². The van der Waals surface area contributed by atoms with Gasteiger partial charge in [-0.1, -0.05) is 6.07 Å². The van der Waals surface area contributed by atoms with Crippen LogP contribution in [0.25, 0.3) is 0 Å². The molecule has 0 aliphatic heterocycles. The second kappa shape index (κ2) is 4.14. The molecule has 0 amide bonds. The summed E-state index contributed by atoms with van der Waals surface area (Å²) in [5, 5.41) is 0. The molecule has 0 saturated heterocycles. The highest BCUT2D eigenvalue weighted by Crippen LogP contribution is 2.31. The summed E-state index contributed by atoms with van der Waals surface area (Å²) in [6, 6.07) is 2.57. The highest BCUT2D eigenvalue weighted by atomic mass is 35.5. The summed E-state index contributed by atoms with van der Waals surface area (Å²) in [6.45, 7) is -0.203. The van der Waals surface area contributed by atoms with Crippen molar-refractivity contribution in [1.82, 2.24) is 0 Å². The predicted molar refractivity (Wildman–Crippen MR) is 42.0 cm³/mol. The van der Waals surface area contributed by atoms with Crippen LogP contribution in [0.3, 0.4) is 0 Å². The maximum absolute atomic E-state index is 12.7. The molecule has 1 aromatic rings. The average molecular weight is 229 g/mol. The van der Waals surface area contributed by atoms with Gasteiger partial charge >= 0.3 is 6.18 Å². The van der Waals surface area contributed by atoms with Crippen LogP contribution < -0.4 is 0 Å². The summed E-state index contributed by atoms with van der Waals surface area (Å²) < 4.78 is 53.3. The normalized spacial score (nSPS) is 11.8. The lowest BCUT2D eigenvalue weighted by Crippen LogP contribution is -2.08. The van der Waals surface area contributed by atoms with E-state index in [1.807, 2.05) is 0 Å². The lowest BCUT2D eigenvalue weighted by atomic mass is 10.1. The van der Waals surface area contributed by atoms with E-state index in [2.05, 4.69) is 4.29 Å². The van der Waals surface area contributed by atoms with Gasteiger partial charge in [0.2, 0.25) is 0 Å². The Labute approximate surface area is 82.4 Å². The van der Waals surface area contributed by atoms with Crippen molar-refractivity contribution in [2.45, 2.75) is 12.8 Å². The maximum Gasteiger partial charge on any atom is 0.419 e. The van der Waals surface area contributed by atoms with Crippen molar-refractivity contribution < 1.29 is 21.9 Å². The van der Waals surface area contributed by atoms with Gasteiger partial charge < -0.3 is 0 Å². The van der Waals surface area contributed by atoms with Gasteiger partial charge in [0.1, 0.15) is 5.82 Å². The predicted octanol–water partition coefficient (Wildman–Crippen LogP) is 3.51. The van der Waals surface area contributed by atoms with E-state index < -0.39 is 17.6 Å². The zero-order valence-corrected chi connectivity index (χ0v) is 7.49. The van der Waals surface area contributed by atoms with Gasteiger partial charge in [0.15, 0.2) is 0 Å². The van der Waals surface area contributed by atoms with Gasteiger partial charge in [-0.15, -0.1) is 0 Å². The standard InChI is InChI=1S/C8H5ClF4O/c9-14-4-5-1-2-7(10)6(3-5)8(11,12)13/h1-3H,4H2. The van der Waals surface area contributed by atoms with Gasteiger partial charge in [-0.3, -0.25) is 4.29 Å². The third kappa shape index (κ3) is 2.59. The Morgan fingerprint density at radius 2 is 1.93 bits per heavy atom. The molecule has 0 spiro atoms. The van der Waals surface area contributed by atoms with E-state index in [9.17, 15) is 17.6 Å². The van der Waals surface area contributed by atoms with Crippen molar-refractivity contribution in [2.24, 2.45) is 0 Å². The van der Waals surface area contributed by atoms with Crippen LogP contribution in [-0.4, -0.2) is 0 Å². The first-order valence-electron chi connectivity index (χ1n) is 3.54. The first-order chi connectivity index (χ1) is 6.45. The average Bonchev–Trinajstić information content (AvgIpc) is 2.07. The van der Waals surface area contributed by atoms with Gasteiger partial charge in [-0.05, 0) is 17.7 Å². The molecule has 0 aliphatic rings. The fourth-order valence-electron chi connectivity index (χ4n) is 0.942. The minimum atomic E-state index is -4.70. The molecular formula is C8H5ClF4O. The Bertz CT molecular complexity index is 324. The fourth-order valence-corrected chi connectivity index (χ4v) is 1.07. The Morgan fingerprint density at radius 3 is 2.43 bits per heavy atom. The van der Waals surface area contributed by atoms with E-state index in [0.717, 1.165) is 6.07 Å². The summed E-state index contributed by atoms with van der Waals surface area (Å²) in [7, 11) is 0. The van der Waals surface area contributed by atoms with E-state index >= 15 is 0 Å². The van der Waals surface area contributed by atoms with E-state index in [4.69, 9.17) is 11.9 Å². The smallest absolute Gasteiger partial charge is 0.274 e. The summed E-state index contributed by atoms with van der Waals surface area (Å²) >= 11 is 4.87. The van der Waals surface area contributed by atoms with Crippen LogP contribution in [0.1, 0.15) is 11.1 Å². The lowest BCUT2D eigenvalue weighted by molar-refractivity contribution is -0.140. The van der Waals surface area contributed by atoms with Gasteiger partial charge in [0.25, 0.3) is 0 Å². The quantitative estimate of drug-likeness (QED) is 0.704. The minimum absolute atomic E-state index is 0.161. The van der Waals surface area contributed by atoms with E-state index in [1.165, 1.54) is 6.07 Å². The number of hydrogen-bond acceptors (Lipinski definition) is 1. The second-order valence-electron chi connectivity index (χ2n) is 2.57. The Kier molecular flexibility index (Phi) is 3.34. The number of rotatable bonds is 2. The molecule has 1 aromatic carbocycles. The number of alkyl halides is 3. The van der Waals surface area contributed by atoms with Crippen molar-refractivity contribution in [2.75, 3.05) is 0 Å². The molecule has 0 atom stereocenters. The number of benzene rings is 1. The first kappa shape index (κ1) is 11.3. The van der Waals surface area contributed by atoms with Crippen molar-refractivity contribution >= 4 is 11.9 Å². The molecular weight excluding hydrogens is 224 g/mol. The molecule has 78 valence electrons. The molecule has 0 radical (unpaired) electrons. The highest BCUT2D eigenvalue weighted by Gasteiger charge is 2.34. The molecule has 14 heavy (non-hydrogen) atoms. The topological polar surface area (TPSA) is 9.23 Å². The molecule has 0 fully saturated rings. The SMILES string of the molecule is Fc1ccc(COCl)cc1C(F)(F)F. The van der Waals surface area contributed by atoms with Gasteiger partial charge in [-0.25, -0.2) is 4.39 Å². The lowest BCUT2D eigenvalue weighted by Gasteiger charge is -2.08. The summed E-state index contributed by atoms with van der Waals surface area (Å²) in [4.78, 5) is 0. The van der Waals surface area contributed by atoms with E-state index in [1.54, 1.807) is 0 Å². The second-order valence-corrected chi connectivity index (χ2v) is 2.78. The van der Waals surface area contributed by atoms with Crippen LogP contribution in [0.15, 0.2) is 18.2 Å². The fraction of sp³-hybridized carbons (Fsp3) is 0.250. The summed E-state index contributed by atoms with van der Waals surface area (Å²) in [5.41, 5.74) is -1.16. The van der Waals surface area contributed by atoms with Crippen LogP contribution in [0.2, 0.25) is 0 Å². The van der Waals surface area contributed by atoms with Crippen molar-refractivity contribution in [1.29, 1.82) is 0 Å². The Balaban J connectivity index is 3.09. The maximum atomic E-state index is 12.7. The summed E-state index contributed by atoms with van der Waals surface area (Å²) in [5.74, 6) is -1.31. The Hall–Kier alpha value is -0.810. The van der Waals surface area contributed by atoms with Crippen LogP contribution in [-0.2, 0) is 17.1 Å². The first-order valence-corrected chi connectivity index (χ1v) is 3.85. The monoisotopic (exact) mass is 228 g/mol. The van der Waals surface area contributed by atoms with Crippen LogP contribution in [0.4, 0.5) is 17.6 Å². The largest absolute Gasteiger partial charge is 0.419 e. The molecule has 0 N–H and O–H groups in total. The molecule has 0 heterocycles. The molecule has 0 bridgehead atoms. The molecule has 0 aromatic heterocycles. The molecule has 1 nitrogen and oxygen atoms in total. The number of hydrogen-bond donors (Lipinski definition) is 0. The number of halogens is 5.